The van der Waals surface area contributed by atoms with E-state index in [-0.39, 0.29) is 5.78 Å². The highest BCUT2D eigenvalue weighted by molar-refractivity contribution is 6.42. The first-order valence-corrected chi connectivity index (χ1v) is 7.56. The zero-order valence-corrected chi connectivity index (χ0v) is 13.1. The van der Waals surface area contributed by atoms with E-state index in [1.54, 1.807) is 18.2 Å². The minimum atomic E-state index is -0.0678. The van der Waals surface area contributed by atoms with Gasteiger partial charge in [-0.3, -0.25) is 4.79 Å². The smallest absolute Gasteiger partial charge is 0.185 e. The van der Waals surface area contributed by atoms with E-state index in [4.69, 9.17) is 23.2 Å². The second kappa shape index (κ2) is 6.35. The summed E-state index contributed by atoms with van der Waals surface area (Å²) in [7, 11) is 0. The van der Waals surface area contributed by atoms with Crippen molar-refractivity contribution in [3.8, 4) is 0 Å². The number of hydrogen-bond donors (Lipinski definition) is 0. The van der Waals surface area contributed by atoms with Crippen LogP contribution in [0.25, 0.3) is 16.8 Å². The summed E-state index contributed by atoms with van der Waals surface area (Å²) in [5.41, 5.74) is 1.37. The molecule has 0 saturated heterocycles. The zero-order valence-electron chi connectivity index (χ0n) is 11.6. The highest BCUT2D eigenvalue weighted by Gasteiger charge is 2.05. The molecule has 3 rings (SSSR count). The quantitative estimate of drug-likeness (QED) is 0.423. The van der Waals surface area contributed by atoms with Crippen molar-refractivity contribution in [3.05, 3.63) is 87.9 Å². The highest BCUT2D eigenvalue weighted by Crippen LogP contribution is 2.26. The molecule has 22 heavy (non-hydrogen) atoms. The van der Waals surface area contributed by atoms with Gasteiger partial charge < -0.3 is 0 Å². The molecule has 3 heteroatoms. The Balaban J connectivity index is 1.89. The average molecular weight is 327 g/mol. The molecule has 108 valence electrons. The van der Waals surface area contributed by atoms with Crippen LogP contribution in [-0.2, 0) is 0 Å². The van der Waals surface area contributed by atoms with Crippen LogP contribution in [0.5, 0.6) is 0 Å². The number of benzene rings is 3. The fraction of sp³-hybridized carbons (Fsp3) is 0. The number of halogens is 2. The molecule has 0 fully saturated rings. The first-order valence-electron chi connectivity index (χ1n) is 6.80. The Bertz CT molecular complexity index is 881. The molecule has 0 unspecified atom stereocenters. The maximum Gasteiger partial charge on any atom is 0.185 e. The Morgan fingerprint density at radius 1 is 0.864 bits per heavy atom. The highest BCUT2D eigenvalue weighted by atomic mass is 35.5. The summed E-state index contributed by atoms with van der Waals surface area (Å²) in [5.74, 6) is -0.0678. The second-order valence-corrected chi connectivity index (χ2v) is 5.69. The molecule has 3 aromatic rings. The van der Waals surface area contributed by atoms with E-state index in [1.165, 1.54) is 6.08 Å². The number of rotatable bonds is 3. The Hall–Kier alpha value is -2.09. The summed E-state index contributed by atoms with van der Waals surface area (Å²) >= 11 is 12.1. The predicted molar refractivity (Wildman–Crippen MR) is 93.8 cm³/mol. The van der Waals surface area contributed by atoms with Gasteiger partial charge in [0.05, 0.1) is 10.0 Å². The van der Waals surface area contributed by atoms with Gasteiger partial charge in [0.2, 0.25) is 0 Å². The topological polar surface area (TPSA) is 17.1 Å². The number of allylic oxidation sites excluding steroid dienone is 1. The largest absolute Gasteiger partial charge is 0.289 e. The number of fused-ring (bicyclic) bond motifs is 1. The van der Waals surface area contributed by atoms with E-state index in [9.17, 15) is 4.79 Å². The van der Waals surface area contributed by atoms with Crippen LogP contribution >= 0.6 is 23.2 Å². The number of hydrogen-bond acceptors (Lipinski definition) is 1. The summed E-state index contributed by atoms with van der Waals surface area (Å²) in [6.07, 6.45) is 3.20. The van der Waals surface area contributed by atoms with E-state index in [1.807, 2.05) is 48.5 Å². The van der Waals surface area contributed by atoms with Crippen LogP contribution in [0.15, 0.2) is 66.7 Å². The number of carbonyl (C=O) groups excluding carboxylic acids is 1. The van der Waals surface area contributed by atoms with Gasteiger partial charge in [-0.25, -0.2) is 0 Å². The van der Waals surface area contributed by atoms with Gasteiger partial charge in [-0.2, -0.15) is 0 Å². The third kappa shape index (κ3) is 3.06. The summed E-state index contributed by atoms with van der Waals surface area (Å²) in [4.78, 5) is 12.3. The molecule has 1 nitrogen and oxygen atoms in total. The molecule has 0 N–H and O–H groups in total. The molecule has 0 spiro atoms. The van der Waals surface area contributed by atoms with Crippen molar-refractivity contribution in [1.29, 1.82) is 0 Å². The Morgan fingerprint density at radius 2 is 1.64 bits per heavy atom. The van der Waals surface area contributed by atoms with Crippen molar-refractivity contribution < 1.29 is 4.79 Å². The summed E-state index contributed by atoms with van der Waals surface area (Å²) in [6.45, 7) is 0. The van der Waals surface area contributed by atoms with Crippen LogP contribution in [0.2, 0.25) is 10.0 Å². The normalized spacial score (nSPS) is 11.2. The van der Waals surface area contributed by atoms with Crippen molar-refractivity contribution in [3.63, 3.8) is 0 Å². The third-order valence-corrected chi connectivity index (χ3v) is 4.26. The third-order valence-electron chi connectivity index (χ3n) is 3.43. The maximum atomic E-state index is 12.3. The Kier molecular flexibility index (Phi) is 4.28. The molecule has 0 bridgehead atoms. The fourth-order valence-electron chi connectivity index (χ4n) is 2.25. The summed E-state index contributed by atoms with van der Waals surface area (Å²) in [6, 6.07) is 18.9. The van der Waals surface area contributed by atoms with Crippen molar-refractivity contribution >= 4 is 45.8 Å². The van der Waals surface area contributed by atoms with E-state index in [0.29, 0.717) is 15.6 Å². The van der Waals surface area contributed by atoms with Crippen molar-refractivity contribution in [2.75, 3.05) is 0 Å². The van der Waals surface area contributed by atoms with Crippen LogP contribution in [0.3, 0.4) is 0 Å². The van der Waals surface area contributed by atoms with Gasteiger partial charge in [0.1, 0.15) is 0 Å². The van der Waals surface area contributed by atoms with Crippen LogP contribution in [0.1, 0.15) is 15.9 Å². The predicted octanol–water partition coefficient (Wildman–Crippen LogP) is 6.04. The monoisotopic (exact) mass is 326 g/mol. The zero-order chi connectivity index (χ0) is 15.5. The molecule has 0 atom stereocenters. The molecule has 0 aromatic heterocycles. The average Bonchev–Trinajstić information content (AvgIpc) is 2.55. The van der Waals surface area contributed by atoms with Crippen molar-refractivity contribution in [2.45, 2.75) is 0 Å². The minimum absolute atomic E-state index is 0.0678. The minimum Gasteiger partial charge on any atom is -0.289 e. The van der Waals surface area contributed by atoms with Gasteiger partial charge in [-0.15, -0.1) is 0 Å². The van der Waals surface area contributed by atoms with Gasteiger partial charge in [0.15, 0.2) is 5.78 Å². The lowest BCUT2D eigenvalue weighted by molar-refractivity contribution is 0.104. The Morgan fingerprint density at radius 3 is 2.45 bits per heavy atom. The molecule has 0 radical (unpaired) electrons. The van der Waals surface area contributed by atoms with Crippen LogP contribution in [-0.4, -0.2) is 5.78 Å². The SMILES string of the molecule is O=C(C=Cc1cccc(Cl)c1Cl)c1ccc2ccccc2c1. The molecule has 0 saturated carbocycles. The molecule has 0 aliphatic carbocycles. The maximum absolute atomic E-state index is 12.3. The van der Waals surface area contributed by atoms with E-state index in [2.05, 4.69) is 0 Å². The first-order chi connectivity index (χ1) is 10.6. The number of carbonyl (C=O) groups is 1. The van der Waals surface area contributed by atoms with Gasteiger partial charge in [0, 0.05) is 5.56 Å². The van der Waals surface area contributed by atoms with Crippen molar-refractivity contribution in [1.82, 2.24) is 0 Å². The molecule has 0 aliphatic heterocycles. The van der Waals surface area contributed by atoms with Crippen molar-refractivity contribution in [2.24, 2.45) is 0 Å². The van der Waals surface area contributed by atoms with Gasteiger partial charge >= 0.3 is 0 Å². The summed E-state index contributed by atoms with van der Waals surface area (Å²) in [5, 5.41) is 3.08. The molecular weight excluding hydrogens is 315 g/mol. The number of ketones is 1. The van der Waals surface area contributed by atoms with Gasteiger partial charge in [-0.05, 0) is 40.6 Å². The fourth-order valence-corrected chi connectivity index (χ4v) is 2.62. The second-order valence-electron chi connectivity index (χ2n) is 4.90. The molecular formula is C19H12Cl2O. The molecule has 0 amide bonds. The molecule has 3 aromatic carbocycles. The van der Waals surface area contributed by atoms with Crippen LogP contribution < -0.4 is 0 Å². The lowest BCUT2D eigenvalue weighted by Gasteiger charge is -2.01. The first kappa shape index (κ1) is 14.8. The van der Waals surface area contributed by atoms with E-state index < -0.39 is 0 Å². The lowest BCUT2D eigenvalue weighted by atomic mass is 10.0. The van der Waals surface area contributed by atoms with Gasteiger partial charge in [-0.1, -0.05) is 71.7 Å². The Labute approximate surface area is 138 Å². The lowest BCUT2D eigenvalue weighted by Crippen LogP contribution is -1.93. The van der Waals surface area contributed by atoms with E-state index >= 15 is 0 Å². The van der Waals surface area contributed by atoms with Gasteiger partial charge in [0.25, 0.3) is 0 Å². The standard InChI is InChI=1S/C19H12Cl2O/c20-17-7-3-6-14(19(17)21)10-11-18(22)16-9-8-13-4-1-2-5-15(13)12-16/h1-12H. The van der Waals surface area contributed by atoms with Crippen LogP contribution in [0.4, 0.5) is 0 Å². The molecule has 0 aliphatic rings. The molecule has 0 heterocycles. The summed E-state index contributed by atoms with van der Waals surface area (Å²) < 4.78 is 0. The van der Waals surface area contributed by atoms with Crippen LogP contribution in [0, 0.1) is 0 Å². The van der Waals surface area contributed by atoms with E-state index in [0.717, 1.165) is 16.3 Å².